The maximum Gasteiger partial charge on any atom is 0.134 e. The van der Waals surface area contributed by atoms with Gasteiger partial charge in [-0.05, 0) is 49.4 Å². The molecular weight excluding hydrogens is 369 g/mol. The second-order valence-electron chi connectivity index (χ2n) is 5.10. The van der Waals surface area contributed by atoms with E-state index in [4.69, 9.17) is 16.0 Å². The van der Waals surface area contributed by atoms with Crippen LogP contribution in [-0.4, -0.2) is 16.1 Å². The molecule has 2 aromatic heterocycles. The molecule has 0 aliphatic carbocycles. The van der Waals surface area contributed by atoms with Gasteiger partial charge in [0.25, 0.3) is 0 Å². The van der Waals surface area contributed by atoms with Gasteiger partial charge >= 0.3 is 0 Å². The van der Waals surface area contributed by atoms with Crippen LogP contribution >= 0.6 is 11.6 Å². The van der Waals surface area contributed by atoms with Gasteiger partial charge in [0.05, 0.1) is 12.9 Å². The monoisotopic (exact) mass is 385 g/mol. The van der Waals surface area contributed by atoms with Crippen LogP contribution in [0.2, 0.25) is 5.02 Å². The van der Waals surface area contributed by atoms with Crippen molar-refractivity contribution in [3.8, 4) is 11.3 Å². The Kier molecular flexibility index (Phi) is 8.93. The molecule has 0 fully saturated rings. The highest BCUT2D eigenvalue weighted by Crippen LogP contribution is 2.23. The average molecular weight is 387 g/mol. The topological polar surface area (TPSA) is 43.0 Å². The second-order valence-corrected chi connectivity index (χ2v) is 5.54. The van der Waals surface area contributed by atoms with Gasteiger partial charge in [0, 0.05) is 29.5 Å². The van der Waals surface area contributed by atoms with Crippen molar-refractivity contribution in [2.45, 2.75) is 19.5 Å². The number of aryl methyl sites for hydroxylation is 1. The molecule has 3 aromatic rings. The molecule has 0 aliphatic rings. The Bertz CT molecular complexity index is 696. The number of furan rings is 1. The molecule has 2 heterocycles. The van der Waals surface area contributed by atoms with E-state index < -0.39 is 0 Å². The lowest BCUT2D eigenvalue weighted by atomic mass is 10.2. The predicted octanol–water partition coefficient (Wildman–Crippen LogP) is -2.02. The lowest BCUT2D eigenvalue weighted by molar-refractivity contribution is -0.00100. The molecule has 4 nitrogen and oxygen atoms in total. The van der Waals surface area contributed by atoms with Gasteiger partial charge in [-0.3, -0.25) is 0 Å². The van der Waals surface area contributed by atoms with Crippen molar-refractivity contribution in [3.63, 3.8) is 0 Å². The summed E-state index contributed by atoms with van der Waals surface area (Å²) in [4.78, 5) is 4.02. The number of benzene rings is 1. The van der Waals surface area contributed by atoms with Crippen LogP contribution in [0, 0.1) is 0 Å². The zero-order valence-corrected chi connectivity index (χ0v) is 15.2. The largest absolute Gasteiger partial charge is 1.00 e. The van der Waals surface area contributed by atoms with Crippen molar-refractivity contribution < 1.29 is 29.2 Å². The van der Waals surface area contributed by atoms with Crippen LogP contribution in [0.15, 0.2) is 59.5 Å². The molecule has 0 saturated carbocycles. The summed E-state index contributed by atoms with van der Waals surface area (Å²) < 4.78 is 7.92. The Morgan fingerprint density at radius 2 is 1.88 bits per heavy atom. The van der Waals surface area contributed by atoms with Gasteiger partial charge in [-0.15, -0.1) is 0 Å². The summed E-state index contributed by atoms with van der Waals surface area (Å²) in [6, 6.07) is 11.7. The summed E-state index contributed by atoms with van der Waals surface area (Å²) in [7, 11) is 0. The number of aromatic nitrogens is 2. The molecule has 130 valence electrons. The highest BCUT2D eigenvalue weighted by molar-refractivity contribution is 6.30. The third-order valence-corrected chi connectivity index (χ3v) is 3.67. The second kappa shape index (κ2) is 10.4. The minimum atomic E-state index is 0. The van der Waals surface area contributed by atoms with Gasteiger partial charge < -0.3 is 39.1 Å². The van der Waals surface area contributed by atoms with E-state index in [-0.39, 0.29) is 24.8 Å². The van der Waals surface area contributed by atoms with Crippen molar-refractivity contribution >= 4 is 11.6 Å². The van der Waals surface area contributed by atoms with E-state index in [1.165, 1.54) is 0 Å². The number of rotatable bonds is 7. The van der Waals surface area contributed by atoms with Crippen LogP contribution in [0.1, 0.15) is 12.2 Å². The minimum Gasteiger partial charge on any atom is -1.00 e. The molecule has 0 amide bonds. The van der Waals surface area contributed by atoms with Gasteiger partial charge in [0.15, 0.2) is 0 Å². The van der Waals surface area contributed by atoms with Crippen LogP contribution in [0.4, 0.5) is 0 Å². The molecule has 1 aromatic carbocycles. The lowest BCUT2D eigenvalue weighted by Gasteiger charge is -2.04. The molecule has 0 atom stereocenters. The Morgan fingerprint density at radius 1 is 1.08 bits per heavy atom. The fourth-order valence-corrected chi connectivity index (χ4v) is 2.39. The molecule has 3 rings (SSSR count). The van der Waals surface area contributed by atoms with Gasteiger partial charge in [-0.25, -0.2) is 4.98 Å². The average Bonchev–Trinajstić information content (AvgIpc) is 3.19. The lowest BCUT2D eigenvalue weighted by Crippen LogP contribution is -3.00. The quantitative estimate of drug-likeness (QED) is 0.477. The van der Waals surface area contributed by atoms with E-state index in [1.807, 2.05) is 48.9 Å². The van der Waals surface area contributed by atoms with Crippen molar-refractivity contribution in [3.05, 3.63) is 65.9 Å². The molecule has 0 radical (unpaired) electrons. The first-order valence-electron chi connectivity index (χ1n) is 7.32. The SMILES string of the molecule is Clc1ccc(-c2ccc(CNCCCn3ccnc3)o2)cc1.[Cl-].[Cl-]. The van der Waals surface area contributed by atoms with Gasteiger partial charge in [-0.1, -0.05) is 11.6 Å². The van der Waals surface area contributed by atoms with E-state index in [2.05, 4.69) is 14.9 Å². The van der Waals surface area contributed by atoms with E-state index in [0.717, 1.165) is 48.2 Å². The van der Waals surface area contributed by atoms with E-state index in [0.29, 0.717) is 0 Å². The number of nitrogens with one attached hydrogen (secondary N) is 1. The smallest absolute Gasteiger partial charge is 0.134 e. The first-order valence-corrected chi connectivity index (χ1v) is 7.70. The minimum absolute atomic E-state index is 0. The maximum atomic E-state index is 5.89. The molecule has 0 spiro atoms. The van der Waals surface area contributed by atoms with Crippen LogP contribution < -0.4 is 30.1 Å². The molecule has 0 saturated heterocycles. The van der Waals surface area contributed by atoms with Crippen LogP contribution in [0.25, 0.3) is 11.3 Å². The van der Waals surface area contributed by atoms with Crippen LogP contribution in [-0.2, 0) is 13.1 Å². The Labute approximate surface area is 159 Å². The van der Waals surface area contributed by atoms with Gasteiger partial charge in [0.1, 0.15) is 11.5 Å². The molecule has 7 heteroatoms. The van der Waals surface area contributed by atoms with Gasteiger partial charge in [0.2, 0.25) is 0 Å². The summed E-state index contributed by atoms with van der Waals surface area (Å²) in [5, 5.41) is 4.12. The molecule has 0 bridgehead atoms. The molecule has 1 N–H and O–H groups in total. The molecule has 0 unspecified atom stereocenters. The zero-order chi connectivity index (χ0) is 15.2. The van der Waals surface area contributed by atoms with E-state index >= 15 is 0 Å². The highest BCUT2D eigenvalue weighted by atomic mass is 35.5. The predicted molar refractivity (Wildman–Crippen MR) is 87.7 cm³/mol. The van der Waals surface area contributed by atoms with Crippen molar-refractivity contribution in [1.82, 2.24) is 14.9 Å². The summed E-state index contributed by atoms with van der Waals surface area (Å²) in [6.07, 6.45) is 6.67. The summed E-state index contributed by atoms with van der Waals surface area (Å²) in [5.41, 5.74) is 1.04. The fourth-order valence-electron chi connectivity index (χ4n) is 2.26. The Balaban J connectivity index is 0.00000144. The number of imidazole rings is 1. The first kappa shape index (κ1) is 20.6. The summed E-state index contributed by atoms with van der Waals surface area (Å²) in [6.45, 7) is 2.65. The van der Waals surface area contributed by atoms with E-state index in [1.54, 1.807) is 6.20 Å². The standard InChI is InChI=1S/C17H18ClN3O.2ClH/c18-15-4-2-14(3-5-15)17-7-6-16(22-17)12-19-8-1-10-21-11-9-20-13-21;;/h2-7,9,11,13,19H,1,8,10,12H2;2*1H/p-2. The molecule has 24 heavy (non-hydrogen) atoms. The normalized spacial score (nSPS) is 10.0. The highest BCUT2D eigenvalue weighted by Gasteiger charge is 2.04. The fraction of sp³-hybridized carbons (Fsp3) is 0.235. The summed E-state index contributed by atoms with van der Waals surface area (Å²) >= 11 is 5.89. The van der Waals surface area contributed by atoms with Crippen LogP contribution in [0.3, 0.4) is 0 Å². The number of hydrogen-bond acceptors (Lipinski definition) is 3. The third-order valence-electron chi connectivity index (χ3n) is 3.42. The number of halogens is 3. The first-order chi connectivity index (χ1) is 10.8. The maximum absolute atomic E-state index is 5.89. The van der Waals surface area contributed by atoms with Gasteiger partial charge in [-0.2, -0.15) is 0 Å². The summed E-state index contributed by atoms with van der Waals surface area (Å²) in [5.74, 6) is 1.81. The third kappa shape index (κ3) is 5.87. The molecular formula is C17H18Cl3N3O-2. The van der Waals surface area contributed by atoms with Crippen molar-refractivity contribution in [2.75, 3.05) is 6.54 Å². The molecule has 0 aliphatic heterocycles. The van der Waals surface area contributed by atoms with Crippen molar-refractivity contribution in [1.29, 1.82) is 0 Å². The van der Waals surface area contributed by atoms with Crippen LogP contribution in [0.5, 0.6) is 0 Å². The Hall–Kier alpha value is -1.46. The Morgan fingerprint density at radius 3 is 2.58 bits per heavy atom. The van der Waals surface area contributed by atoms with E-state index in [9.17, 15) is 0 Å². The van der Waals surface area contributed by atoms with Crippen molar-refractivity contribution in [2.24, 2.45) is 0 Å². The number of hydrogen-bond donors (Lipinski definition) is 1. The zero-order valence-electron chi connectivity index (χ0n) is 13.0. The number of nitrogens with zero attached hydrogens (tertiary/aromatic N) is 2.